The van der Waals surface area contributed by atoms with E-state index in [4.69, 9.17) is 15.3 Å². The maximum Gasteiger partial charge on any atom is 0.0764 e. The Kier molecular flexibility index (Phi) is 7.13. The third-order valence-corrected chi connectivity index (χ3v) is 1.30. The van der Waals surface area contributed by atoms with Gasteiger partial charge in [-0.3, -0.25) is 4.90 Å². The molecule has 0 amide bonds. The Morgan fingerprint density at radius 3 is 2.00 bits per heavy atom. The summed E-state index contributed by atoms with van der Waals surface area (Å²) >= 11 is 0. The van der Waals surface area contributed by atoms with Crippen LogP contribution in [-0.2, 0) is 0 Å². The van der Waals surface area contributed by atoms with Crippen molar-refractivity contribution in [3.8, 4) is 0 Å². The summed E-state index contributed by atoms with van der Waals surface area (Å²) in [6, 6.07) is 0. The molecule has 0 radical (unpaired) electrons. The van der Waals surface area contributed by atoms with Crippen LogP contribution in [0.5, 0.6) is 0 Å². The second-order valence-electron chi connectivity index (χ2n) is 2.13. The smallest absolute Gasteiger partial charge is 0.0764 e. The van der Waals surface area contributed by atoms with Crippen molar-refractivity contribution < 1.29 is 15.3 Å². The van der Waals surface area contributed by atoms with E-state index in [0.717, 1.165) is 6.26 Å². The number of rotatable bonds is 6. The molecule has 0 rings (SSSR count). The van der Waals surface area contributed by atoms with Crippen LogP contribution in [0.2, 0.25) is 0 Å². The van der Waals surface area contributed by atoms with Crippen molar-refractivity contribution in [1.29, 1.82) is 0 Å². The van der Waals surface area contributed by atoms with Crippen molar-refractivity contribution in [3.05, 3.63) is 12.3 Å². The average Bonchev–Trinajstić information content (AvgIpc) is 2.01. The van der Waals surface area contributed by atoms with Crippen LogP contribution in [0, 0.1) is 0 Å². The predicted octanol–water partition coefficient (Wildman–Crippen LogP) is -0.655. The van der Waals surface area contributed by atoms with Crippen molar-refractivity contribution in [2.24, 2.45) is 0 Å². The molecule has 4 heteroatoms. The first-order valence-electron chi connectivity index (χ1n) is 3.58. The van der Waals surface area contributed by atoms with E-state index < -0.39 is 0 Å². The van der Waals surface area contributed by atoms with Crippen LogP contribution < -0.4 is 0 Å². The molecular formula is C7H15NO3. The van der Waals surface area contributed by atoms with E-state index >= 15 is 0 Å². The van der Waals surface area contributed by atoms with Crippen molar-refractivity contribution in [2.45, 2.75) is 0 Å². The fourth-order valence-corrected chi connectivity index (χ4v) is 0.773. The molecule has 0 aromatic rings. The summed E-state index contributed by atoms with van der Waals surface area (Å²) in [6.45, 7) is 1.73. The van der Waals surface area contributed by atoms with Crippen LogP contribution in [0.25, 0.3) is 0 Å². The summed E-state index contributed by atoms with van der Waals surface area (Å²) in [5.41, 5.74) is 0. The van der Waals surface area contributed by atoms with E-state index in [1.165, 1.54) is 0 Å². The zero-order valence-electron chi connectivity index (χ0n) is 6.48. The van der Waals surface area contributed by atoms with Gasteiger partial charge in [-0.15, -0.1) is 0 Å². The third kappa shape index (κ3) is 5.84. The van der Waals surface area contributed by atoms with E-state index in [1.54, 1.807) is 6.08 Å². The molecule has 66 valence electrons. The summed E-state index contributed by atoms with van der Waals surface area (Å²) in [7, 11) is 0. The second-order valence-corrected chi connectivity index (χ2v) is 2.13. The van der Waals surface area contributed by atoms with Gasteiger partial charge in [0.1, 0.15) is 0 Å². The highest BCUT2D eigenvalue weighted by Crippen LogP contribution is 1.86. The zero-order chi connectivity index (χ0) is 8.53. The highest BCUT2D eigenvalue weighted by Gasteiger charge is 1.99. The Labute approximate surface area is 66.4 Å². The fourth-order valence-electron chi connectivity index (χ4n) is 0.773. The number of aliphatic hydroxyl groups excluding tert-OH is 3. The normalized spacial score (nSPS) is 11.5. The minimum atomic E-state index is 0.0687. The maximum atomic E-state index is 8.55. The molecule has 0 aliphatic rings. The fraction of sp³-hybridized carbons (Fsp3) is 0.714. The van der Waals surface area contributed by atoms with Crippen LogP contribution in [0.4, 0.5) is 0 Å². The molecular weight excluding hydrogens is 146 g/mol. The van der Waals surface area contributed by atoms with Crippen molar-refractivity contribution >= 4 is 0 Å². The lowest BCUT2D eigenvalue weighted by atomic mass is 10.4. The van der Waals surface area contributed by atoms with Gasteiger partial charge in [0, 0.05) is 19.6 Å². The first-order valence-corrected chi connectivity index (χ1v) is 3.58. The van der Waals surface area contributed by atoms with Gasteiger partial charge in [0.05, 0.1) is 19.5 Å². The molecule has 0 bridgehead atoms. The summed E-state index contributed by atoms with van der Waals surface area (Å²) in [4.78, 5) is 1.83. The number of hydrogen-bond donors (Lipinski definition) is 3. The molecule has 0 spiro atoms. The Balaban J connectivity index is 3.50. The molecule has 0 atom stereocenters. The Hall–Kier alpha value is -0.580. The Morgan fingerprint density at radius 2 is 1.64 bits per heavy atom. The molecule has 0 unspecified atom stereocenters. The molecule has 11 heavy (non-hydrogen) atoms. The topological polar surface area (TPSA) is 63.9 Å². The molecule has 0 aromatic heterocycles. The lowest BCUT2D eigenvalue weighted by Crippen LogP contribution is -2.29. The lowest BCUT2D eigenvalue weighted by molar-refractivity contribution is 0.171. The lowest BCUT2D eigenvalue weighted by Gasteiger charge is -2.17. The first kappa shape index (κ1) is 10.4. The number of nitrogens with zero attached hydrogens (tertiary/aromatic N) is 1. The second kappa shape index (κ2) is 7.53. The minimum Gasteiger partial charge on any atom is -0.516 e. The van der Waals surface area contributed by atoms with Crippen LogP contribution in [-0.4, -0.2) is 53.1 Å². The molecule has 3 N–H and O–H groups in total. The van der Waals surface area contributed by atoms with Crippen LogP contribution >= 0.6 is 0 Å². The molecule has 4 nitrogen and oxygen atoms in total. The summed E-state index contributed by atoms with van der Waals surface area (Å²) in [5.74, 6) is 0. The molecule has 0 aliphatic carbocycles. The van der Waals surface area contributed by atoms with Gasteiger partial charge in [0.2, 0.25) is 0 Å². The van der Waals surface area contributed by atoms with E-state index in [1.807, 2.05) is 4.90 Å². The minimum absolute atomic E-state index is 0.0687. The van der Waals surface area contributed by atoms with Gasteiger partial charge in [-0.2, -0.15) is 0 Å². The Bertz CT molecular complexity index is 99.9. The molecule has 0 aliphatic heterocycles. The SMILES string of the molecule is OC=CCN(CCO)CCO. The Morgan fingerprint density at radius 1 is 1.09 bits per heavy atom. The van der Waals surface area contributed by atoms with Crippen molar-refractivity contribution in [2.75, 3.05) is 32.8 Å². The quantitative estimate of drug-likeness (QED) is 0.453. The van der Waals surface area contributed by atoms with E-state index in [-0.39, 0.29) is 13.2 Å². The van der Waals surface area contributed by atoms with Gasteiger partial charge in [0.15, 0.2) is 0 Å². The van der Waals surface area contributed by atoms with Gasteiger partial charge >= 0.3 is 0 Å². The average molecular weight is 161 g/mol. The van der Waals surface area contributed by atoms with Crippen molar-refractivity contribution in [3.63, 3.8) is 0 Å². The summed E-state index contributed by atoms with van der Waals surface area (Å²) in [5, 5.41) is 25.4. The molecule has 0 fully saturated rings. The standard InChI is InChI=1S/C7H15NO3/c9-5-1-2-8(3-6-10)4-7-11/h1,5,9-11H,2-4,6-7H2. The molecule has 0 saturated heterocycles. The van der Waals surface area contributed by atoms with E-state index in [0.29, 0.717) is 19.6 Å². The first-order chi connectivity index (χ1) is 5.35. The van der Waals surface area contributed by atoms with E-state index in [9.17, 15) is 0 Å². The van der Waals surface area contributed by atoms with Gasteiger partial charge in [0.25, 0.3) is 0 Å². The van der Waals surface area contributed by atoms with Crippen LogP contribution in [0.1, 0.15) is 0 Å². The van der Waals surface area contributed by atoms with Gasteiger partial charge in [-0.25, -0.2) is 0 Å². The van der Waals surface area contributed by atoms with Crippen LogP contribution in [0.3, 0.4) is 0 Å². The van der Waals surface area contributed by atoms with E-state index in [2.05, 4.69) is 0 Å². The third-order valence-electron chi connectivity index (χ3n) is 1.30. The maximum absolute atomic E-state index is 8.55. The summed E-state index contributed by atoms with van der Waals surface area (Å²) in [6.07, 6.45) is 2.52. The van der Waals surface area contributed by atoms with Crippen LogP contribution in [0.15, 0.2) is 12.3 Å². The monoisotopic (exact) mass is 161 g/mol. The molecule has 0 heterocycles. The van der Waals surface area contributed by atoms with Crippen molar-refractivity contribution in [1.82, 2.24) is 4.90 Å². The zero-order valence-corrected chi connectivity index (χ0v) is 6.48. The molecule has 0 aromatic carbocycles. The predicted molar refractivity (Wildman–Crippen MR) is 42.4 cm³/mol. The van der Waals surface area contributed by atoms with Gasteiger partial charge < -0.3 is 15.3 Å². The highest BCUT2D eigenvalue weighted by molar-refractivity contribution is 4.76. The number of hydrogen-bond acceptors (Lipinski definition) is 4. The highest BCUT2D eigenvalue weighted by atomic mass is 16.3. The number of aliphatic hydroxyl groups is 3. The van der Waals surface area contributed by atoms with Gasteiger partial charge in [-0.05, 0) is 6.08 Å². The molecule has 0 saturated carbocycles. The largest absolute Gasteiger partial charge is 0.516 e. The van der Waals surface area contributed by atoms with Gasteiger partial charge in [-0.1, -0.05) is 0 Å². The summed E-state index contributed by atoms with van der Waals surface area (Å²) < 4.78 is 0.